The standard InChI is InChI=1S/C81H155NO5/c1-3-5-7-9-11-13-15-17-19-21-22-23-35-38-42-45-49-53-57-61-65-69-73-79(84)78(77-83)82-80(85)74-70-66-62-58-54-50-46-43-39-36-33-31-29-27-25-24-26-28-30-32-34-37-40-44-48-52-56-60-64-68-72-76-87-81(86)75-71-67-63-59-55-51-47-41-20-18-16-14-12-10-8-6-4-2/h18,20,26,28,32,34,78-79,83-84H,3-17,19,21-25,27,29-31,33,35-77H2,1-2H3,(H,82,85)/b20-18-,28-26-,34-32-. The van der Waals surface area contributed by atoms with Crippen LogP contribution in [0.15, 0.2) is 36.5 Å². The van der Waals surface area contributed by atoms with Crippen molar-refractivity contribution in [3.8, 4) is 0 Å². The predicted molar refractivity (Wildman–Crippen MR) is 384 cm³/mol. The second-order valence-electron chi connectivity index (χ2n) is 27.4. The number of carbonyl (C=O) groups excluding carboxylic acids is 2. The van der Waals surface area contributed by atoms with Gasteiger partial charge < -0.3 is 20.3 Å². The number of allylic oxidation sites excluding steroid dienone is 6. The van der Waals surface area contributed by atoms with Crippen LogP contribution in [0.5, 0.6) is 0 Å². The zero-order valence-corrected chi connectivity index (χ0v) is 59.0. The Hall–Kier alpha value is -1.92. The summed E-state index contributed by atoms with van der Waals surface area (Å²) < 4.78 is 5.50. The number of hydrogen-bond acceptors (Lipinski definition) is 5. The number of esters is 1. The minimum absolute atomic E-state index is 0.0107. The van der Waals surface area contributed by atoms with Gasteiger partial charge in [-0.2, -0.15) is 0 Å². The van der Waals surface area contributed by atoms with Gasteiger partial charge in [0.05, 0.1) is 25.4 Å². The fourth-order valence-electron chi connectivity index (χ4n) is 12.6. The van der Waals surface area contributed by atoms with E-state index in [1.807, 2.05) is 0 Å². The molecule has 0 radical (unpaired) electrons. The maximum absolute atomic E-state index is 12.6. The SMILES string of the molecule is CCCCCCCC/C=C\CCCCCCCCCC(=O)OCCCCCCCCCCC/C=C\C/C=C\CCCCCCCCCCCCCCCCCC(=O)NC(CO)C(O)CCCCCCCCCCCCCCCCCCCCCCCC. The molecule has 0 aliphatic rings. The summed E-state index contributed by atoms with van der Waals surface area (Å²) in [5.41, 5.74) is 0. The van der Waals surface area contributed by atoms with Gasteiger partial charge in [0.1, 0.15) is 0 Å². The minimum atomic E-state index is -0.666. The molecule has 0 aromatic carbocycles. The Kier molecular flexibility index (Phi) is 74.8. The van der Waals surface area contributed by atoms with Gasteiger partial charge in [-0.15, -0.1) is 0 Å². The van der Waals surface area contributed by atoms with Crippen LogP contribution < -0.4 is 5.32 Å². The molecule has 0 spiro atoms. The summed E-state index contributed by atoms with van der Waals surface area (Å²) in [6.07, 6.45) is 99.4. The van der Waals surface area contributed by atoms with Gasteiger partial charge in [0.25, 0.3) is 0 Å². The van der Waals surface area contributed by atoms with E-state index in [9.17, 15) is 19.8 Å². The first-order valence-electron chi connectivity index (χ1n) is 39.7. The Morgan fingerprint density at radius 3 is 0.885 bits per heavy atom. The van der Waals surface area contributed by atoms with Crippen molar-refractivity contribution in [1.29, 1.82) is 0 Å². The first-order valence-corrected chi connectivity index (χ1v) is 39.7. The maximum Gasteiger partial charge on any atom is 0.305 e. The van der Waals surface area contributed by atoms with Gasteiger partial charge in [-0.3, -0.25) is 9.59 Å². The fraction of sp³-hybridized carbons (Fsp3) is 0.901. The van der Waals surface area contributed by atoms with Crippen molar-refractivity contribution >= 4 is 11.9 Å². The molecule has 0 aromatic heterocycles. The molecule has 6 nitrogen and oxygen atoms in total. The van der Waals surface area contributed by atoms with Crippen LogP contribution in [-0.4, -0.2) is 47.4 Å². The predicted octanol–water partition coefficient (Wildman–Crippen LogP) is 26.2. The van der Waals surface area contributed by atoms with Gasteiger partial charge >= 0.3 is 5.97 Å². The Balaban J connectivity index is 3.39. The molecule has 0 fully saturated rings. The molecule has 3 N–H and O–H groups in total. The number of aliphatic hydroxyl groups is 2. The van der Waals surface area contributed by atoms with Crippen molar-refractivity contribution in [3.05, 3.63) is 36.5 Å². The van der Waals surface area contributed by atoms with Crippen molar-refractivity contribution in [1.82, 2.24) is 5.32 Å². The third-order valence-electron chi connectivity index (χ3n) is 18.7. The monoisotopic (exact) mass is 1220 g/mol. The van der Waals surface area contributed by atoms with E-state index in [4.69, 9.17) is 4.74 Å². The number of rotatable bonds is 75. The van der Waals surface area contributed by atoms with Crippen molar-refractivity contribution in [2.45, 2.75) is 456 Å². The minimum Gasteiger partial charge on any atom is -0.466 e. The molecule has 0 rings (SSSR count). The lowest BCUT2D eigenvalue weighted by Gasteiger charge is -2.22. The summed E-state index contributed by atoms with van der Waals surface area (Å²) in [6.45, 7) is 4.99. The molecule has 2 unspecified atom stereocenters. The van der Waals surface area contributed by atoms with Crippen LogP contribution in [0.25, 0.3) is 0 Å². The average Bonchev–Trinajstić information content (AvgIpc) is 3.53. The van der Waals surface area contributed by atoms with Crippen LogP contribution in [0, 0.1) is 0 Å². The Morgan fingerprint density at radius 2 is 0.575 bits per heavy atom. The van der Waals surface area contributed by atoms with Gasteiger partial charge in [0, 0.05) is 12.8 Å². The molecule has 0 aliphatic carbocycles. The Bertz CT molecular complexity index is 1410. The normalized spacial score (nSPS) is 12.6. The van der Waals surface area contributed by atoms with Crippen LogP contribution in [0.1, 0.15) is 444 Å². The van der Waals surface area contributed by atoms with E-state index in [0.29, 0.717) is 25.9 Å². The lowest BCUT2D eigenvalue weighted by atomic mass is 10.0. The lowest BCUT2D eigenvalue weighted by Crippen LogP contribution is -2.45. The van der Waals surface area contributed by atoms with Gasteiger partial charge in [0.15, 0.2) is 0 Å². The topological polar surface area (TPSA) is 95.9 Å². The highest BCUT2D eigenvalue weighted by molar-refractivity contribution is 5.76. The van der Waals surface area contributed by atoms with Gasteiger partial charge in [-0.1, -0.05) is 384 Å². The van der Waals surface area contributed by atoms with Gasteiger partial charge in [-0.25, -0.2) is 0 Å². The second kappa shape index (κ2) is 76.5. The van der Waals surface area contributed by atoms with E-state index >= 15 is 0 Å². The first kappa shape index (κ1) is 85.1. The number of ether oxygens (including phenoxy) is 1. The van der Waals surface area contributed by atoms with E-state index in [0.717, 1.165) is 51.4 Å². The molecular weight excluding hydrogens is 1070 g/mol. The summed E-state index contributed by atoms with van der Waals surface area (Å²) in [5.74, 6) is -0.0187. The Labute approximate surface area is 544 Å². The van der Waals surface area contributed by atoms with Crippen LogP contribution in [0.4, 0.5) is 0 Å². The van der Waals surface area contributed by atoms with Crippen LogP contribution in [0.3, 0.4) is 0 Å². The van der Waals surface area contributed by atoms with Crippen molar-refractivity contribution in [2.75, 3.05) is 13.2 Å². The molecule has 0 saturated carbocycles. The lowest BCUT2D eigenvalue weighted by molar-refractivity contribution is -0.143. The smallest absolute Gasteiger partial charge is 0.305 e. The summed E-state index contributed by atoms with van der Waals surface area (Å²) in [4.78, 5) is 24.7. The fourth-order valence-corrected chi connectivity index (χ4v) is 12.6. The molecular formula is C81H155NO5. The highest BCUT2D eigenvalue weighted by Gasteiger charge is 2.20. The summed E-state index contributed by atoms with van der Waals surface area (Å²) >= 11 is 0. The van der Waals surface area contributed by atoms with Crippen molar-refractivity contribution in [3.63, 3.8) is 0 Å². The zero-order chi connectivity index (χ0) is 62.8. The summed E-state index contributed by atoms with van der Waals surface area (Å²) in [6, 6.07) is -0.543. The van der Waals surface area contributed by atoms with E-state index in [-0.39, 0.29) is 18.5 Å². The van der Waals surface area contributed by atoms with E-state index in [2.05, 4.69) is 55.6 Å². The molecule has 0 bridgehead atoms. The molecule has 87 heavy (non-hydrogen) atoms. The number of nitrogens with one attached hydrogen (secondary N) is 1. The number of unbranched alkanes of at least 4 members (excludes halogenated alkanes) is 58. The van der Waals surface area contributed by atoms with Crippen LogP contribution >= 0.6 is 0 Å². The van der Waals surface area contributed by atoms with Gasteiger partial charge in [-0.05, 0) is 83.5 Å². The highest BCUT2D eigenvalue weighted by Crippen LogP contribution is 2.20. The number of aliphatic hydroxyl groups excluding tert-OH is 2. The van der Waals surface area contributed by atoms with E-state index in [1.165, 1.54) is 360 Å². The molecule has 0 heterocycles. The molecule has 1 amide bonds. The quantitative estimate of drug-likeness (QED) is 0.0320. The molecule has 2 atom stereocenters. The van der Waals surface area contributed by atoms with E-state index < -0.39 is 12.1 Å². The number of carbonyl (C=O) groups is 2. The third-order valence-corrected chi connectivity index (χ3v) is 18.7. The molecule has 0 saturated heterocycles. The summed E-state index contributed by atoms with van der Waals surface area (Å²) in [5, 5.41) is 23.5. The third kappa shape index (κ3) is 73.0. The molecule has 6 heteroatoms. The van der Waals surface area contributed by atoms with Crippen molar-refractivity contribution < 1.29 is 24.5 Å². The molecule has 0 aromatic rings. The Morgan fingerprint density at radius 1 is 0.322 bits per heavy atom. The second-order valence-corrected chi connectivity index (χ2v) is 27.4. The van der Waals surface area contributed by atoms with E-state index in [1.54, 1.807) is 0 Å². The van der Waals surface area contributed by atoms with Crippen LogP contribution in [-0.2, 0) is 14.3 Å². The maximum atomic E-state index is 12.6. The van der Waals surface area contributed by atoms with Gasteiger partial charge in [0.2, 0.25) is 5.91 Å². The molecule has 0 aliphatic heterocycles. The summed E-state index contributed by atoms with van der Waals surface area (Å²) in [7, 11) is 0. The average molecular weight is 1220 g/mol. The largest absolute Gasteiger partial charge is 0.466 e. The highest BCUT2D eigenvalue weighted by atomic mass is 16.5. The van der Waals surface area contributed by atoms with Crippen LogP contribution in [0.2, 0.25) is 0 Å². The number of amides is 1. The van der Waals surface area contributed by atoms with Crippen molar-refractivity contribution in [2.24, 2.45) is 0 Å². The molecule has 514 valence electrons. The zero-order valence-electron chi connectivity index (χ0n) is 59.0. The number of hydrogen-bond donors (Lipinski definition) is 3. The first-order chi connectivity index (χ1) is 43.0.